The van der Waals surface area contributed by atoms with Crippen molar-refractivity contribution in [2.75, 3.05) is 0 Å². The normalized spacial score (nSPS) is 11.7. The molecule has 0 aliphatic carbocycles. The number of fused-ring (bicyclic) bond motifs is 2. The van der Waals surface area contributed by atoms with Crippen molar-refractivity contribution in [1.29, 1.82) is 0 Å². The molecule has 5 rings (SSSR count). The van der Waals surface area contributed by atoms with Crippen LogP contribution in [0, 0.1) is 0 Å². The van der Waals surface area contributed by atoms with E-state index >= 15 is 0 Å². The van der Waals surface area contributed by atoms with E-state index in [0.717, 1.165) is 47.3 Å². The van der Waals surface area contributed by atoms with Crippen molar-refractivity contribution < 1.29 is 39.7 Å². The first-order chi connectivity index (χ1) is 13.2. The van der Waals surface area contributed by atoms with Gasteiger partial charge >= 0.3 is 24.8 Å². The van der Waals surface area contributed by atoms with Gasteiger partial charge in [0, 0.05) is 35.6 Å². The first kappa shape index (κ1) is 23.3. The Morgan fingerprint density at radius 2 is 1.90 bits per heavy atom. The molecule has 0 saturated heterocycles. The van der Waals surface area contributed by atoms with Crippen molar-refractivity contribution in [1.82, 2.24) is 19.7 Å². The van der Waals surface area contributed by atoms with E-state index in [2.05, 4.69) is 14.6 Å². The zero-order valence-corrected chi connectivity index (χ0v) is 16.4. The topological polar surface area (TPSA) is 142 Å². The molecule has 4 heterocycles. The SMILES string of the molecule is O.O=C(O)c1ccc2c(-c3c(-c4ccccn4)nn4c3CCC4)ccnc2c1.[Li+].[OH-]. The average Bonchev–Trinajstić information content (AvgIpc) is 3.29. The molecular weight excluding hydrogens is 379 g/mol. The Hall–Kier alpha value is -3.02. The van der Waals surface area contributed by atoms with Gasteiger partial charge in [0.15, 0.2) is 0 Å². The van der Waals surface area contributed by atoms with Crippen LogP contribution in [-0.4, -0.2) is 41.8 Å². The Bertz CT molecular complexity index is 1190. The third kappa shape index (κ3) is 3.74. The number of aryl methyl sites for hydroxylation is 1. The van der Waals surface area contributed by atoms with Crippen LogP contribution in [-0.2, 0) is 13.0 Å². The predicted octanol–water partition coefficient (Wildman–Crippen LogP) is -0.193. The third-order valence-electron chi connectivity index (χ3n) is 5.01. The molecule has 3 aromatic heterocycles. The molecule has 0 atom stereocenters. The first-order valence-electron chi connectivity index (χ1n) is 8.86. The standard InChI is InChI=1S/C21H16N4O2.Li.2H2O/c26-21(27)13-6-7-14-15(8-10-23-17(14)12-13)19-18-5-3-11-25(18)24-20(19)16-4-1-2-9-22-16;;;/h1-2,4,6-10,12H,3,5,11H2,(H,26,27);;2*1H2/q;+1;;/p-1. The van der Waals surface area contributed by atoms with Gasteiger partial charge in [0.25, 0.3) is 0 Å². The second-order valence-corrected chi connectivity index (χ2v) is 6.61. The van der Waals surface area contributed by atoms with Gasteiger partial charge in [-0.2, -0.15) is 5.10 Å². The van der Waals surface area contributed by atoms with Crippen LogP contribution in [0.25, 0.3) is 33.4 Å². The number of carbonyl (C=O) groups is 1. The van der Waals surface area contributed by atoms with E-state index in [1.165, 1.54) is 5.69 Å². The maximum atomic E-state index is 11.3. The van der Waals surface area contributed by atoms with E-state index in [1.54, 1.807) is 24.5 Å². The number of hydrogen-bond acceptors (Lipinski definition) is 5. The van der Waals surface area contributed by atoms with E-state index in [-0.39, 0.29) is 35.4 Å². The number of pyridine rings is 2. The summed E-state index contributed by atoms with van der Waals surface area (Å²) in [5.41, 5.74) is 5.88. The summed E-state index contributed by atoms with van der Waals surface area (Å²) in [5, 5.41) is 15.0. The summed E-state index contributed by atoms with van der Waals surface area (Å²) in [6.07, 6.45) is 5.54. The summed E-state index contributed by atoms with van der Waals surface area (Å²) in [5.74, 6) is -0.954. The minimum Gasteiger partial charge on any atom is -0.870 e. The van der Waals surface area contributed by atoms with Crippen LogP contribution in [0.2, 0.25) is 0 Å². The van der Waals surface area contributed by atoms with Crippen LogP contribution in [0.1, 0.15) is 22.5 Å². The summed E-state index contributed by atoms with van der Waals surface area (Å²) in [6.45, 7) is 0.904. The van der Waals surface area contributed by atoms with E-state index in [0.29, 0.717) is 5.52 Å². The monoisotopic (exact) mass is 398 g/mol. The van der Waals surface area contributed by atoms with E-state index in [1.807, 2.05) is 30.3 Å². The molecule has 30 heavy (non-hydrogen) atoms. The molecule has 4 N–H and O–H groups in total. The third-order valence-corrected chi connectivity index (χ3v) is 5.01. The molecule has 8 nitrogen and oxygen atoms in total. The van der Waals surface area contributed by atoms with Crippen LogP contribution in [0.3, 0.4) is 0 Å². The summed E-state index contributed by atoms with van der Waals surface area (Å²) in [4.78, 5) is 20.2. The van der Waals surface area contributed by atoms with Crippen molar-refractivity contribution in [2.45, 2.75) is 19.4 Å². The first-order valence-corrected chi connectivity index (χ1v) is 8.86. The van der Waals surface area contributed by atoms with Crippen LogP contribution in [0.4, 0.5) is 0 Å². The number of rotatable bonds is 3. The van der Waals surface area contributed by atoms with Gasteiger partial charge in [0.05, 0.1) is 16.8 Å². The second kappa shape index (κ2) is 9.20. The molecule has 0 bridgehead atoms. The van der Waals surface area contributed by atoms with E-state index in [4.69, 9.17) is 5.10 Å². The summed E-state index contributed by atoms with van der Waals surface area (Å²) in [7, 11) is 0. The molecule has 1 aromatic carbocycles. The van der Waals surface area contributed by atoms with Crippen molar-refractivity contribution >= 4 is 16.9 Å². The minimum atomic E-state index is -0.954. The summed E-state index contributed by atoms with van der Waals surface area (Å²) in [6, 6.07) is 12.9. The number of hydrogen-bond donors (Lipinski definition) is 1. The Kier molecular flexibility index (Phi) is 7.13. The van der Waals surface area contributed by atoms with Crippen molar-refractivity contribution in [3.05, 3.63) is 66.1 Å². The fraction of sp³-hybridized carbons (Fsp3) is 0.143. The molecule has 0 fully saturated rings. The molecule has 1 aliphatic heterocycles. The Morgan fingerprint density at radius 3 is 2.63 bits per heavy atom. The molecule has 4 aromatic rings. The van der Waals surface area contributed by atoms with Crippen molar-refractivity contribution in [3.63, 3.8) is 0 Å². The number of aromatic carboxylic acids is 1. The van der Waals surface area contributed by atoms with E-state index < -0.39 is 5.97 Å². The average molecular weight is 398 g/mol. The number of carboxylic acids is 1. The smallest absolute Gasteiger partial charge is 0.870 e. The van der Waals surface area contributed by atoms with Crippen molar-refractivity contribution in [3.8, 4) is 22.5 Å². The Labute approximate surface area is 184 Å². The molecular formula is C21H19LiN4O4. The summed E-state index contributed by atoms with van der Waals surface area (Å²) >= 11 is 0. The van der Waals surface area contributed by atoms with Crippen LogP contribution >= 0.6 is 0 Å². The zero-order chi connectivity index (χ0) is 18.4. The molecule has 0 unspecified atom stereocenters. The fourth-order valence-corrected chi connectivity index (χ4v) is 3.80. The molecule has 0 spiro atoms. The van der Waals surface area contributed by atoms with Crippen LogP contribution in [0.15, 0.2) is 54.9 Å². The van der Waals surface area contributed by atoms with Crippen molar-refractivity contribution in [2.24, 2.45) is 0 Å². The van der Waals surface area contributed by atoms with Gasteiger partial charge in [0.2, 0.25) is 0 Å². The maximum absolute atomic E-state index is 11.3. The van der Waals surface area contributed by atoms with Gasteiger partial charge in [-0.05, 0) is 48.7 Å². The minimum absolute atomic E-state index is 0. The van der Waals surface area contributed by atoms with Crippen LogP contribution < -0.4 is 18.9 Å². The van der Waals surface area contributed by atoms with E-state index in [9.17, 15) is 9.90 Å². The Morgan fingerprint density at radius 1 is 1.07 bits per heavy atom. The Balaban J connectivity index is 0.00000107. The molecule has 148 valence electrons. The van der Waals surface area contributed by atoms with Gasteiger partial charge in [-0.15, -0.1) is 0 Å². The summed E-state index contributed by atoms with van der Waals surface area (Å²) < 4.78 is 2.07. The molecule has 0 radical (unpaired) electrons. The zero-order valence-electron chi connectivity index (χ0n) is 16.4. The second-order valence-electron chi connectivity index (χ2n) is 6.61. The fourth-order valence-electron chi connectivity index (χ4n) is 3.80. The number of nitrogens with zero attached hydrogens (tertiary/aromatic N) is 4. The largest absolute Gasteiger partial charge is 1.00 e. The number of benzene rings is 1. The van der Waals surface area contributed by atoms with Gasteiger partial charge in [0.1, 0.15) is 5.69 Å². The molecule has 1 aliphatic rings. The predicted molar refractivity (Wildman–Crippen MR) is 107 cm³/mol. The molecule has 0 saturated carbocycles. The number of carboxylic acid groups (broad SMARTS) is 1. The van der Waals surface area contributed by atoms with Gasteiger partial charge in [-0.1, -0.05) is 12.1 Å². The molecule has 0 amide bonds. The quantitative estimate of drug-likeness (QED) is 0.474. The molecule has 9 heteroatoms. The van der Waals surface area contributed by atoms with Crippen LogP contribution in [0.5, 0.6) is 0 Å². The number of aromatic nitrogens is 4. The van der Waals surface area contributed by atoms with Gasteiger partial charge < -0.3 is 16.1 Å². The van der Waals surface area contributed by atoms with Gasteiger partial charge in [-0.3, -0.25) is 14.6 Å². The van der Waals surface area contributed by atoms with Gasteiger partial charge in [-0.25, -0.2) is 4.79 Å². The maximum Gasteiger partial charge on any atom is 1.00 e.